The first kappa shape index (κ1) is 13.0. The molecule has 0 atom stereocenters. The van der Waals surface area contributed by atoms with E-state index in [2.05, 4.69) is 20.1 Å². The largest absolute Gasteiger partial charge is 0.476 e. The molecule has 0 saturated heterocycles. The molecule has 2 heterocycles. The smallest absolute Gasteiger partial charge is 0.356 e. The molecule has 3 aromatic rings. The first-order valence-electron chi connectivity index (χ1n) is 6.28. The Hall–Kier alpha value is -2.96. The van der Waals surface area contributed by atoms with E-state index >= 15 is 0 Å². The van der Waals surface area contributed by atoms with E-state index in [1.54, 1.807) is 0 Å². The van der Waals surface area contributed by atoms with Crippen molar-refractivity contribution in [2.75, 3.05) is 0 Å². The molecule has 0 spiro atoms. The monoisotopic (exact) mass is 284 g/mol. The van der Waals surface area contributed by atoms with Crippen molar-refractivity contribution in [2.24, 2.45) is 0 Å². The predicted molar refractivity (Wildman–Crippen MR) is 72.8 cm³/mol. The summed E-state index contributed by atoms with van der Waals surface area (Å²) in [5.74, 6) is -0.545. The third kappa shape index (κ3) is 2.66. The van der Waals surface area contributed by atoms with Crippen molar-refractivity contribution in [3.8, 4) is 11.6 Å². The summed E-state index contributed by atoms with van der Waals surface area (Å²) in [4.78, 5) is 21.6. The van der Waals surface area contributed by atoms with Gasteiger partial charge in [-0.2, -0.15) is 4.98 Å². The van der Waals surface area contributed by atoms with Crippen LogP contribution in [0.4, 0.5) is 0 Å². The van der Waals surface area contributed by atoms with Crippen molar-refractivity contribution in [3.05, 3.63) is 53.2 Å². The van der Waals surface area contributed by atoms with Gasteiger partial charge in [-0.25, -0.2) is 9.78 Å². The first-order valence-corrected chi connectivity index (χ1v) is 6.28. The fourth-order valence-electron chi connectivity index (χ4n) is 1.94. The molecule has 0 saturated carbocycles. The zero-order chi connectivity index (χ0) is 14.8. The van der Waals surface area contributed by atoms with Gasteiger partial charge in [-0.05, 0) is 12.5 Å². The normalized spacial score (nSPS) is 10.7. The lowest BCUT2D eigenvalue weighted by molar-refractivity contribution is 0.0691. The van der Waals surface area contributed by atoms with E-state index < -0.39 is 5.97 Å². The summed E-state index contributed by atoms with van der Waals surface area (Å²) in [5.41, 5.74) is 2.30. The minimum atomic E-state index is -1.15. The molecule has 7 nitrogen and oxygen atoms in total. The van der Waals surface area contributed by atoms with Gasteiger partial charge in [0, 0.05) is 6.42 Å². The van der Waals surface area contributed by atoms with Crippen LogP contribution in [0.1, 0.15) is 27.4 Å². The summed E-state index contributed by atoms with van der Waals surface area (Å²) in [6.45, 7) is 2.02. The molecule has 3 rings (SSSR count). The summed E-state index contributed by atoms with van der Waals surface area (Å²) >= 11 is 0. The van der Waals surface area contributed by atoms with Gasteiger partial charge >= 0.3 is 5.97 Å². The minimum Gasteiger partial charge on any atom is -0.476 e. The third-order valence-electron chi connectivity index (χ3n) is 3.01. The van der Waals surface area contributed by atoms with E-state index in [1.807, 2.05) is 31.2 Å². The van der Waals surface area contributed by atoms with E-state index in [-0.39, 0.29) is 17.3 Å². The number of nitrogens with zero attached hydrogens (tertiary/aromatic N) is 3. The van der Waals surface area contributed by atoms with Crippen LogP contribution < -0.4 is 0 Å². The average molecular weight is 284 g/mol. The second-order valence-corrected chi connectivity index (χ2v) is 4.61. The fourth-order valence-corrected chi connectivity index (χ4v) is 1.94. The Morgan fingerprint density at radius 2 is 2.10 bits per heavy atom. The van der Waals surface area contributed by atoms with Crippen molar-refractivity contribution in [1.82, 2.24) is 20.1 Å². The summed E-state index contributed by atoms with van der Waals surface area (Å²) in [7, 11) is 0. The molecule has 2 N–H and O–H groups in total. The zero-order valence-electron chi connectivity index (χ0n) is 11.2. The molecule has 0 aliphatic heterocycles. The first-order chi connectivity index (χ1) is 10.1. The number of carboxylic acid groups (broad SMARTS) is 1. The van der Waals surface area contributed by atoms with Gasteiger partial charge in [0.05, 0.1) is 6.33 Å². The van der Waals surface area contributed by atoms with Crippen LogP contribution in [0.15, 0.2) is 35.1 Å². The van der Waals surface area contributed by atoms with Gasteiger partial charge in [-0.15, -0.1) is 0 Å². The van der Waals surface area contributed by atoms with Crippen molar-refractivity contribution in [2.45, 2.75) is 13.3 Å². The number of H-pyrrole nitrogens is 1. The van der Waals surface area contributed by atoms with Crippen molar-refractivity contribution < 1.29 is 14.4 Å². The average Bonchev–Trinajstić information content (AvgIpc) is 3.09. The van der Waals surface area contributed by atoms with Gasteiger partial charge in [0.2, 0.25) is 0 Å². The van der Waals surface area contributed by atoms with Crippen molar-refractivity contribution in [3.63, 3.8) is 0 Å². The number of aryl methyl sites for hydroxylation is 1. The van der Waals surface area contributed by atoms with Crippen LogP contribution in [0.25, 0.3) is 11.6 Å². The predicted octanol–water partition coefficient (Wildman–Crippen LogP) is 2.06. The SMILES string of the molecule is Cc1ccc(Cc2noc(-c3[nH]cnc3C(=O)O)n2)cc1. The summed E-state index contributed by atoms with van der Waals surface area (Å²) < 4.78 is 5.10. The highest BCUT2D eigenvalue weighted by Crippen LogP contribution is 2.19. The number of carbonyl (C=O) groups is 1. The van der Waals surface area contributed by atoms with Gasteiger partial charge < -0.3 is 14.6 Å². The van der Waals surface area contributed by atoms with E-state index in [9.17, 15) is 4.79 Å². The second-order valence-electron chi connectivity index (χ2n) is 4.61. The number of aromatic carboxylic acids is 1. The van der Waals surface area contributed by atoms with E-state index in [4.69, 9.17) is 9.63 Å². The molecule has 0 aliphatic rings. The van der Waals surface area contributed by atoms with Crippen LogP contribution in [0.3, 0.4) is 0 Å². The molecule has 106 valence electrons. The highest BCUT2D eigenvalue weighted by Gasteiger charge is 2.20. The molecule has 21 heavy (non-hydrogen) atoms. The number of hydrogen-bond acceptors (Lipinski definition) is 5. The molecule has 0 unspecified atom stereocenters. The van der Waals surface area contributed by atoms with Gasteiger partial charge in [0.15, 0.2) is 11.5 Å². The highest BCUT2D eigenvalue weighted by molar-refractivity contribution is 5.91. The Balaban J connectivity index is 1.84. The minimum absolute atomic E-state index is 0.118. The molecule has 0 bridgehead atoms. The Morgan fingerprint density at radius 1 is 1.33 bits per heavy atom. The second kappa shape index (κ2) is 5.20. The maximum absolute atomic E-state index is 11.0. The lowest BCUT2D eigenvalue weighted by atomic mass is 10.1. The van der Waals surface area contributed by atoms with Gasteiger partial charge in [0.1, 0.15) is 5.69 Å². The molecule has 0 radical (unpaired) electrons. The maximum atomic E-state index is 11.0. The number of carboxylic acids is 1. The summed E-state index contributed by atoms with van der Waals surface area (Å²) in [5, 5.41) is 12.9. The van der Waals surface area contributed by atoms with E-state index in [1.165, 1.54) is 11.9 Å². The number of aromatic nitrogens is 4. The maximum Gasteiger partial charge on any atom is 0.356 e. The number of hydrogen-bond donors (Lipinski definition) is 2. The molecule has 0 fully saturated rings. The number of imidazole rings is 1. The Morgan fingerprint density at radius 3 is 2.81 bits per heavy atom. The molecule has 0 amide bonds. The van der Waals surface area contributed by atoms with Gasteiger partial charge in [0.25, 0.3) is 5.89 Å². The molecule has 0 aliphatic carbocycles. The van der Waals surface area contributed by atoms with Crippen molar-refractivity contribution >= 4 is 5.97 Å². The van der Waals surface area contributed by atoms with Crippen LogP contribution in [0.5, 0.6) is 0 Å². The summed E-state index contributed by atoms with van der Waals surface area (Å²) in [6.07, 6.45) is 1.79. The van der Waals surface area contributed by atoms with Gasteiger partial charge in [-0.1, -0.05) is 35.0 Å². The fraction of sp³-hybridized carbons (Fsp3) is 0.143. The van der Waals surface area contributed by atoms with Crippen molar-refractivity contribution in [1.29, 1.82) is 0 Å². The van der Waals surface area contributed by atoms with Crippen LogP contribution in [0, 0.1) is 6.92 Å². The number of aromatic amines is 1. The van der Waals surface area contributed by atoms with E-state index in [0.717, 1.165) is 5.56 Å². The summed E-state index contributed by atoms with van der Waals surface area (Å²) in [6, 6.07) is 8.00. The number of nitrogens with one attached hydrogen (secondary N) is 1. The van der Waals surface area contributed by atoms with E-state index in [0.29, 0.717) is 12.2 Å². The Labute approximate surface area is 119 Å². The van der Waals surface area contributed by atoms with Crippen LogP contribution in [0.2, 0.25) is 0 Å². The molecule has 1 aromatic carbocycles. The Bertz CT molecular complexity index is 774. The highest BCUT2D eigenvalue weighted by atomic mass is 16.5. The lowest BCUT2D eigenvalue weighted by Gasteiger charge is -1.97. The molecular formula is C14H12N4O3. The number of benzene rings is 1. The Kier molecular flexibility index (Phi) is 3.23. The van der Waals surface area contributed by atoms with Crippen LogP contribution in [-0.2, 0) is 6.42 Å². The zero-order valence-corrected chi connectivity index (χ0v) is 11.2. The lowest BCUT2D eigenvalue weighted by Crippen LogP contribution is -1.99. The molecule has 2 aromatic heterocycles. The topological polar surface area (TPSA) is 105 Å². The standard InChI is InChI=1S/C14H12N4O3/c1-8-2-4-9(5-3-8)6-10-17-13(21-18-10)11-12(14(19)20)16-7-15-11/h2-5,7H,6H2,1H3,(H,15,16)(H,19,20). The quantitative estimate of drug-likeness (QED) is 0.759. The molecular weight excluding hydrogens is 272 g/mol. The number of rotatable bonds is 4. The third-order valence-corrected chi connectivity index (χ3v) is 3.01. The van der Waals surface area contributed by atoms with Gasteiger partial charge in [-0.3, -0.25) is 0 Å². The van der Waals surface area contributed by atoms with Crippen LogP contribution >= 0.6 is 0 Å². The molecule has 7 heteroatoms. The van der Waals surface area contributed by atoms with Crippen LogP contribution in [-0.4, -0.2) is 31.2 Å².